The maximum Gasteiger partial charge on any atom is 0.333 e. The van der Waals surface area contributed by atoms with E-state index in [0.717, 1.165) is 39.0 Å². The van der Waals surface area contributed by atoms with E-state index in [9.17, 15) is 0 Å². The lowest BCUT2D eigenvalue weighted by Gasteiger charge is -2.46. The van der Waals surface area contributed by atoms with Crippen LogP contribution in [0.3, 0.4) is 0 Å². The smallest absolute Gasteiger partial charge is 0.333 e. The van der Waals surface area contributed by atoms with Gasteiger partial charge in [0.1, 0.15) is 11.2 Å². The quantitative estimate of drug-likeness (QED) is 0.166. The molecule has 0 N–H and O–H groups in total. The summed E-state index contributed by atoms with van der Waals surface area (Å²) in [6.07, 6.45) is 0. The molecule has 0 unspecified atom stereocenters. The minimum atomic E-state index is -0.173. The molecule has 11 rings (SSSR count). The van der Waals surface area contributed by atoms with Crippen molar-refractivity contribution in [2.45, 2.75) is 52.4 Å². The Labute approximate surface area is 353 Å². The summed E-state index contributed by atoms with van der Waals surface area (Å²) in [6, 6.07) is 65.1. The third kappa shape index (κ3) is 5.65. The fraction of sp³-hybridized carbons (Fsp3) is 0.143. The first-order valence-corrected chi connectivity index (χ1v) is 21.2. The maximum absolute atomic E-state index is 6.74. The number of hydrogen-bond acceptors (Lipinski definition) is 3. The van der Waals surface area contributed by atoms with E-state index in [1.165, 1.54) is 66.8 Å². The molecule has 1 aromatic heterocycles. The lowest BCUT2D eigenvalue weighted by Crippen LogP contribution is -2.61. The van der Waals surface area contributed by atoms with Gasteiger partial charge in [0.25, 0.3) is 0 Å². The van der Waals surface area contributed by atoms with Crippen molar-refractivity contribution in [2.75, 3.05) is 9.71 Å². The molecule has 0 radical (unpaired) electrons. The van der Waals surface area contributed by atoms with Crippen LogP contribution in [-0.2, 0) is 10.8 Å². The second kappa shape index (κ2) is 13.4. The predicted octanol–water partition coefficient (Wildman–Crippen LogP) is 14.2. The first kappa shape index (κ1) is 36.3. The molecule has 3 heterocycles. The van der Waals surface area contributed by atoms with E-state index < -0.39 is 0 Å². The molecule has 0 spiro atoms. The van der Waals surface area contributed by atoms with Crippen molar-refractivity contribution in [1.82, 2.24) is 0 Å². The van der Waals surface area contributed by atoms with Gasteiger partial charge in [-0.1, -0.05) is 157 Å². The van der Waals surface area contributed by atoms with Gasteiger partial charge in [0.05, 0.1) is 5.69 Å². The van der Waals surface area contributed by atoms with E-state index >= 15 is 0 Å². The van der Waals surface area contributed by atoms with E-state index in [2.05, 4.69) is 227 Å². The summed E-state index contributed by atoms with van der Waals surface area (Å²) >= 11 is 0. The minimum absolute atomic E-state index is 0.0273. The number of hydrogen-bond donors (Lipinski definition) is 0. The Morgan fingerprint density at radius 3 is 1.78 bits per heavy atom. The number of rotatable bonds is 4. The monoisotopic (exact) mass is 774 g/mol. The zero-order valence-corrected chi connectivity index (χ0v) is 35.1. The molecule has 0 atom stereocenters. The second-order valence-electron chi connectivity index (χ2n) is 18.6. The molecule has 2 aliphatic heterocycles. The predicted molar refractivity (Wildman–Crippen MR) is 256 cm³/mol. The van der Waals surface area contributed by atoms with Gasteiger partial charge in [-0.05, 0) is 116 Å². The Morgan fingerprint density at radius 2 is 1.05 bits per heavy atom. The molecule has 2 aliphatic rings. The largest absolute Gasteiger partial charge is 0.456 e. The molecular formula is C56H47BN2O. The van der Waals surface area contributed by atoms with Crippen molar-refractivity contribution in [2.24, 2.45) is 0 Å². The van der Waals surface area contributed by atoms with Gasteiger partial charge in [-0.3, -0.25) is 0 Å². The van der Waals surface area contributed by atoms with E-state index in [4.69, 9.17) is 4.42 Å². The van der Waals surface area contributed by atoms with Crippen LogP contribution in [0.1, 0.15) is 52.7 Å². The fourth-order valence-electron chi connectivity index (χ4n) is 9.73. The number of nitrogens with zero attached hydrogens (tertiary/aromatic N) is 2. The van der Waals surface area contributed by atoms with Crippen LogP contribution in [0.25, 0.3) is 55.3 Å². The topological polar surface area (TPSA) is 19.6 Å². The van der Waals surface area contributed by atoms with Gasteiger partial charge >= 0.3 is 6.85 Å². The average Bonchev–Trinajstić information content (AvgIpc) is 3.65. The summed E-state index contributed by atoms with van der Waals surface area (Å²) < 4.78 is 6.74. The fourth-order valence-corrected chi connectivity index (χ4v) is 9.73. The third-order valence-corrected chi connectivity index (χ3v) is 12.8. The lowest BCUT2D eigenvalue weighted by atomic mass is 9.42. The van der Waals surface area contributed by atoms with Gasteiger partial charge in [-0.15, -0.1) is 0 Å². The standard InChI is InChI=1S/C56H47BN2O/c1-55(2,3)39-25-28-41(29-26-39)59-47-30-27-40(56(4,5)6)35-44(47)45-33-38(36-17-9-7-10-18-36)34-49-53(45)57(59)54-48(31-32-51-52(54)43-22-14-16-24-50(43)60-51)58(49)46-23-15-13-21-42(46)37-19-11-8-12-20-37/h7-35H,1-6H3. The Balaban J connectivity index is 1.32. The molecular weight excluding hydrogens is 727 g/mol. The van der Waals surface area contributed by atoms with Gasteiger partial charge in [-0.25, -0.2) is 0 Å². The van der Waals surface area contributed by atoms with Crippen LogP contribution in [0.2, 0.25) is 0 Å². The van der Waals surface area contributed by atoms with E-state index in [1.807, 2.05) is 0 Å². The first-order valence-electron chi connectivity index (χ1n) is 21.2. The highest BCUT2D eigenvalue weighted by molar-refractivity contribution is 6.95. The van der Waals surface area contributed by atoms with Crippen LogP contribution >= 0.6 is 0 Å². The third-order valence-electron chi connectivity index (χ3n) is 12.8. The Bertz CT molecular complexity index is 3110. The molecule has 290 valence electrons. The summed E-state index contributed by atoms with van der Waals surface area (Å²) in [4.78, 5) is 5.18. The van der Waals surface area contributed by atoms with Gasteiger partial charge in [0.2, 0.25) is 0 Å². The highest BCUT2D eigenvalue weighted by Crippen LogP contribution is 2.51. The van der Waals surface area contributed by atoms with E-state index in [-0.39, 0.29) is 17.7 Å². The minimum Gasteiger partial charge on any atom is -0.456 e. The summed E-state index contributed by atoms with van der Waals surface area (Å²) in [5.74, 6) is 0. The normalized spacial score (nSPS) is 13.4. The SMILES string of the molecule is CC(C)(C)c1ccc(N2B3c4c(cc(-c5ccccc5)cc4N(c4ccccc4-c4ccccc4)c4ccc5oc6ccccc6c5c43)-c3cc(C(C)(C)C)ccc32)cc1. The van der Waals surface area contributed by atoms with Gasteiger partial charge in [0.15, 0.2) is 0 Å². The van der Waals surface area contributed by atoms with Gasteiger partial charge in [-0.2, -0.15) is 0 Å². The van der Waals surface area contributed by atoms with Crippen molar-refractivity contribution >= 4 is 68.1 Å². The van der Waals surface area contributed by atoms with E-state index in [0.29, 0.717) is 0 Å². The number of furan rings is 1. The molecule has 0 bridgehead atoms. The zero-order chi connectivity index (χ0) is 40.9. The summed E-state index contributed by atoms with van der Waals surface area (Å²) in [6.45, 7) is 13.7. The molecule has 0 saturated carbocycles. The van der Waals surface area contributed by atoms with Crippen molar-refractivity contribution in [3.05, 3.63) is 187 Å². The second-order valence-corrected chi connectivity index (χ2v) is 18.6. The van der Waals surface area contributed by atoms with Crippen LogP contribution < -0.4 is 20.6 Å². The van der Waals surface area contributed by atoms with Crippen molar-refractivity contribution in [3.63, 3.8) is 0 Å². The highest BCUT2D eigenvalue weighted by Gasteiger charge is 2.47. The van der Waals surface area contributed by atoms with Crippen LogP contribution in [0, 0.1) is 0 Å². The molecule has 0 fully saturated rings. The maximum atomic E-state index is 6.74. The molecule has 0 saturated heterocycles. The van der Waals surface area contributed by atoms with Crippen molar-refractivity contribution in [3.8, 4) is 33.4 Å². The molecule has 0 amide bonds. The summed E-state index contributed by atoms with van der Waals surface area (Å²) in [7, 11) is 0. The Hall–Kier alpha value is -6.78. The number of para-hydroxylation sites is 2. The van der Waals surface area contributed by atoms with Gasteiger partial charge in [0, 0.05) is 44.6 Å². The molecule has 9 aromatic rings. The molecule has 60 heavy (non-hydrogen) atoms. The Kier molecular flexibility index (Phi) is 8.09. The Morgan fingerprint density at radius 1 is 0.417 bits per heavy atom. The molecule has 0 aliphatic carbocycles. The number of benzene rings is 8. The van der Waals surface area contributed by atoms with Crippen LogP contribution in [-0.4, -0.2) is 6.85 Å². The van der Waals surface area contributed by atoms with Crippen LogP contribution in [0.5, 0.6) is 0 Å². The number of fused-ring (bicyclic) bond motifs is 8. The van der Waals surface area contributed by atoms with Crippen LogP contribution in [0.15, 0.2) is 180 Å². The molecule has 4 heteroatoms. The van der Waals surface area contributed by atoms with Crippen LogP contribution in [0.4, 0.5) is 28.4 Å². The first-order chi connectivity index (χ1) is 29.0. The van der Waals surface area contributed by atoms with Crippen molar-refractivity contribution < 1.29 is 4.42 Å². The van der Waals surface area contributed by atoms with Crippen molar-refractivity contribution in [1.29, 1.82) is 0 Å². The average molecular weight is 775 g/mol. The lowest BCUT2D eigenvalue weighted by molar-refractivity contribution is 0.590. The molecule has 8 aromatic carbocycles. The summed E-state index contributed by atoms with van der Waals surface area (Å²) in [5.41, 5.74) is 20.0. The molecule has 3 nitrogen and oxygen atoms in total. The zero-order valence-electron chi connectivity index (χ0n) is 35.1. The van der Waals surface area contributed by atoms with Gasteiger partial charge < -0.3 is 14.1 Å². The highest BCUT2D eigenvalue weighted by atomic mass is 16.3. The van der Waals surface area contributed by atoms with E-state index in [1.54, 1.807) is 0 Å². The summed E-state index contributed by atoms with van der Waals surface area (Å²) in [5, 5.41) is 2.29. The number of anilines is 5.